The maximum Gasteiger partial charge on any atom is 0.335 e. The Bertz CT molecular complexity index is 1510. The number of carboxylic acids is 1. The van der Waals surface area contributed by atoms with E-state index in [2.05, 4.69) is 25.9 Å². The first-order valence-corrected chi connectivity index (χ1v) is 12.4. The Morgan fingerprint density at radius 2 is 1.77 bits per heavy atom. The topological polar surface area (TPSA) is 122 Å². The van der Waals surface area contributed by atoms with Crippen LogP contribution in [0.3, 0.4) is 0 Å². The highest BCUT2D eigenvalue weighted by Gasteiger charge is 2.33. The lowest BCUT2D eigenvalue weighted by Gasteiger charge is -2.19. The molecule has 0 bridgehead atoms. The average Bonchev–Trinajstić information content (AvgIpc) is 3.21. The SMILES string of the molecule is CC(C)C1=NN(c2cccc(C(=O)O)c2)C(=O)/C1=C\c1cc([N+](=O)[O-])ccc1Oc1ccc(C(C)(C)C)cc1. The monoisotopic (exact) mass is 527 g/mol. The normalized spacial score (nSPS) is 14.6. The van der Waals surface area contributed by atoms with E-state index in [-0.39, 0.29) is 28.2 Å². The second-order valence-electron chi connectivity index (χ2n) is 10.5. The largest absolute Gasteiger partial charge is 0.478 e. The minimum atomic E-state index is -1.12. The first kappa shape index (κ1) is 27.3. The van der Waals surface area contributed by atoms with Gasteiger partial charge in [-0.25, -0.2) is 4.79 Å². The summed E-state index contributed by atoms with van der Waals surface area (Å²) < 4.78 is 6.11. The average molecular weight is 528 g/mol. The van der Waals surface area contributed by atoms with Gasteiger partial charge in [-0.15, -0.1) is 0 Å². The highest BCUT2D eigenvalue weighted by molar-refractivity contribution is 6.33. The Morgan fingerprint density at radius 1 is 1.08 bits per heavy atom. The van der Waals surface area contributed by atoms with E-state index in [1.165, 1.54) is 42.5 Å². The van der Waals surface area contributed by atoms with Crippen molar-refractivity contribution in [2.45, 2.75) is 40.0 Å². The lowest BCUT2D eigenvalue weighted by molar-refractivity contribution is -0.384. The van der Waals surface area contributed by atoms with Gasteiger partial charge in [-0.1, -0.05) is 52.8 Å². The molecule has 3 aromatic carbocycles. The summed E-state index contributed by atoms with van der Waals surface area (Å²) in [4.78, 5) is 36.0. The van der Waals surface area contributed by atoms with Gasteiger partial charge in [0, 0.05) is 17.7 Å². The van der Waals surface area contributed by atoms with Crippen LogP contribution in [-0.4, -0.2) is 27.6 Å². The third kappa shape index (κ3) is 5.87. The molecule has 0 fully saturated rings. The summed E-state index contributed by atoms with van der Waals surface area (Å²) in [6, 6.07) is 17.7. The van der Waals surface area contributed by atoms with Crippen LogP contribution in [0.15, 0.2) is 77.4 Å². The van der Waals surface area contributed by atoms with Crippen LogP contribution in [0.1, 0.15) is 56.1 Å². The molecule has 0 aliphatic carbocycles. The van der Waals surface area contributed by atoms with Crippen molar-refractivity contribution in [1.82, 2.24) is 0 Å². The van der Waals surface area contributed by atoms with E-state index in [0.717, 1.165) is 10.6 Å². The standard InChI is InChI=1S/C30H29N3O6/c1-18(2)27-25(28(34)32(31-27)22-8-6-7-19(15-22)29(35)36)17-20-16-23(33(37)38)11-14-26(20)39-24-12-9-21(10-13-24)30(3,4)5/h6-18H,1-5H3,(H,35,36)/b25-17-. The number of nitrogens with zero attached hydrogens (tertiary/aromatic N) is 3. The Labute approximate surface area is 226 Å². The Balaban J connectivity index is 1.77. The first-order valence-electron chi connectivity index (χ1n) is 12.4. The van der Waals surface area contributed by atoms with E-state index >= 15 is 0 Å². The van der Waals surface area contributed by atoms with E-state index in [9.17, 15) is 24.8 Å². The van der Waals surface area contributed by atoms with Gasteiger partial charge in [-0.3, -0.25) is 14.9 Å². The molecule has 9 heteroatoms. The lowest BCUT2D eigenvalue weighted by atomic mass is 9.87. The van der Waals surface area contributed by atoms with Crippen molar-refractivity contribution in [3.63, 3.8) is 0 Å². The van der Waals surface area contributed by atoms with Crippen molar-refractivity contribution < 1.29 is 24.4 Å². The van der Waals surface area contributed by atoms with Gasteiger partial charge in [0.15, 0.2) is 0 Å². The van der Waals surface area contributed by atoms with Crippen LogP contribution in [0.2, 0.25) is 0 Å². The molecule has 1 heterocycles. The van der Waals surface area contributed by atoms with E-state index in [0.29, 0.717) is 28.5 Å². The van der Waals surface area contributed by atoms with Crippen molar-refractivity contribution >= 4 is 35.0 Å². The van der Waals surface area contributed by atoms with Crippen LogP contribution < -0.4 is 9.75 Å². The number of benzene rings is 3. The molecular weight excluding hydrogens is 498 g/mol. The number of carbonyl (C=O) groups excluding carboxylic acids is 1. The van der Waals surface area contributed by atoms with Crippen LogP contribution >= 0.6 is 0 Å². The van der Waals surface area contributed by atoms with Crippen molar-refractivity contribution in [1.29, 1.82) is 0 Å². The van der Waals surface area contributed by atoms with Gasteiger partial charge in [0.1, 0.15) is 11.5 Å². The molecule has 0 aromatic heterocycles. The maximum atomic E-state index is 13.5. The number of amides is 1. The van der Waals surface area contributed by atoms with Gasteiger partial charge in [0.2, 0.25) is 0 Å². The zero-order valence-electron chi connectivity index (χ0n) is 22.3. The summed E-state index contributed by atoms with van der Waals surface area (Å²) in [7, 11) is 0. The molecule has 0 spiro atoms. The number of nitro groups is 1. The fourth-order valence-corrected chi connectivity index (χ4v) is 4.10. The van der Waals surface area contributed by atoms with E-state index in [4.69, 9.17) is 4.74 Å². The third-order valence-electron chi connectivity index (χ3n) is 6.24. The number of anilines is 1. The number of carbonyl (C=O) groups is 2. The molecule has 1 N–H and O–H groups in total. The number of non-ortho nitro benzene ring substituents is 1. The third-order valence-corrected chi connectivity index (χ3v) is 6.24. The number of ether oxygens (including phenoxy) is 1. The summed E-state index contributed by atoms with van der Waals surface area (Å²) in [6.07, 6.45) is 1.54. The molecule has 1 aliphatic heterocycles. The summed E-state index contributed by atoms with van der Waals surface area (Å²) in [5.74, 6) is -0.895. The predicted molar refractivity (Wildman–Crippen MR) is 149 cm³/mol. The van der Waals surface area contributed by atoms with Crippen LogP contribution in [0, 0.1) is 16.0 Å². The van der Waals surface area contributed by atoms with Crippen molar-refractivity contribution in [3.05, 3.63) is 99.1 Å². The van der Waals surface area contributed by atoms with E-state index in [1.807, 2.05) is 38.1 Å². The van der Waals surface area contributed by atoms with Gasteiger partial charge >= 0.3 is 5.97 Å². The summed E-state index contributed by atoms with van der Waals surface area (Å²) in [5.41, 5.74) is 2.29. The fraction of sp³-hybridized carbons (Fsp3) is 0.233. The van der Waals surface area contributed by atoms with Crippen molar-refractivity contribution in [3.8, 4) is 11.5 Å². The number of hydrazone groups is 1. The van der Waals surface area contributed by atoms with Gasteiger partial charge in [0.05, 0.1) is 27.5 Å². The van der Waals surface area contributed by atoms with Gasteiger partial charge in [-0.05, 0) is 59.4 Å². The van der Waals surface area contributed by atoms with Gasteiger partial charge in [-0.2, -0.15) is 10.1 Å². The molecule has 200 valence electrons. The molecule has 3 aromatic rings. The second kappa shape index (κ2) is 10.5. The maximum absolute atomic E-state index is 13.5. The van der Waals surface area contributed by atoms with Crippen molar-refractivity contribution in [2.75, 3.05) is 5.01 Å². The van der Waals surface area contributed by atoms with E-state index in [1.54, 1.807) is 6.07 Å². The predicted octanol–water partition coefficient (Wildman–Crippen LogP) is 6.83. The second-order valence-corrected chi connectivity index (χ2v) is 10.5. The fourth-order valence-electron chi connectivity index (χ4n) is 4.10. The molecule has 0 atom stereocenters. The molecule has 39 heavy (non-hydrogen) atoms. The van der Waals surface area contributed by atoms with Crippen molar-refractivity contribution in [2.24, 2.45) is 11.0 Å². The molecule has 9 nitrogen and oxygen atoms in total. The molecule has 0 radical (unpaired) electrons. The number of rotatable bonds is 7. The summed E-state index contributed by atoms with van der Waals surface area (Å²) in [6.45, 7) is 10.1. The molecule has 4 rings (SSSR count). The highest BCUT2D eigenvalue weighted by atomic mass is 16.6. The summed E-state index contributed by atoms with van der Waals surface area (Å²) in [5, 5.41) is 26.5. The molecule has 0 saturated carbocycles. The number of hydrogen-bond acceptors (Lipinski definition) is 6. The smallest absolute Gasteiger partial charge is 0.335 e. The minimum absolute atomic E-state index is 0.0193. The van der Waals surface area contributed by atoms with Crippen LogP contribution in [-0.2, 0) is 10.2 Å². The summed E-state index contributed by atoms with van der Waals surface area (Å²) >= 11 is 0. The molecule has 0 unspecified atom stereocenters. The van der Waals surface area contributed by atoms with Crippen LogP contribution in [0.4, 0.5) is 11.4 Å². The number of carboxylic acid groups (broad SMARTS) is 1. The highest BCUT2D eigenvalue weighted by Crippen LogP contribution is 2.34. The number of aromatic carboxylic acids is 1. The minimum Gasteiger partial charge on any atom is -0.478 e. The van der Waals surface area contributed by atoms with E-state index < -0.39 is 16.8 Å². The molecule has 1 aliphatic rings. The van der Waals surface area contributed by atoms with Crippen LogP contribution in [0.5, 0.6) is 11.5 Å². The lowest BCUT2D eigenvalue weighted by Crippen LogP contribution is -2.22. The Hall–Kier alpha value is -4.79. The number of hydrogen-bond donors (Lipinski definition) is 1. The Morgan fingerprint density at radius 3 is 2.36 bits per heavy atom. The van der Waals surface area contributed by atoms with Crippen LogP contribution in [0.25, 0.3) is 6.08 Å². The van der Waals surface area contributed by atoms with Gasteiger partial charge in [0.25, 0.3) is 11.6 Å². The molecule has 0 saturated heterocycles. The number of nitro benzene ring substituents is 1. The molecule has 1 amide bonds. The van der Waals surface area contributed by atoms with Gasteiger partial charge < -0.3 is 9.84 Å². The Kier molecular flexibility index (Phi) is 7.36. The first-order chi connectivity index (χ1) is 18.3. The quantitative estimate of drug-likeness (QED) is 0.204. The molecular formula is C30H29N3O6. The zero-order valence-corrected chi connectivity index (χ0v) is 22.3. The zero-order chi connectivity index (χ0) is 28.5.